The highest BCUT2D eigenvalue weighted by molar-refractivity contribution is 7.18. The molecule has 0 aliphatic heterocycles. The van der Waals surface area contributed by atoms with E-state index in [1.165, 1.54) is 15.8 Å². The van der Waals surface area contributed by atoms with Crippen LogP contribution in [0, 0.1) is 0 Å². The summed E-state index contributed by atoms with van der Waals surface area (Å²) < 4.78 is 1.29. The number of carboxylic acids is 1. The summed E-state index contributed by atoms with van der Waals surface area (Å²) in [5.74, 6) is -1.37. The van der Waals surface area contributed by atoms with Crippen molar-refractivity contribution in [1.29, 1.82) is 0 Å². The molecule has 0 unspecified atom stereocenters. The van der Waals surface area contributed by atoms with Gasteiger partial charge in [0, 0.05) is 11.4 Å². The molecule has 1 aliphatic carbocycles. The Balaban J connectivity index is 1.82. The van der Waals surface area contributed by atoms with Crippen molar-refractivity contribution >= 4 is 33.4 Å². The monoisotopic (exact) mass is 335 g/mol. The number of carbonyl (C=O) groups excluding carboxylic acids is 1. The average molecular weight is 335 g/mol. The number of fused-ring (bicyclic) bond motifs is 3. The highest BCUT2D eigenvalue weighted by Gasteiger charge is 2.20. The van der Waals surface area contributed by atoms with E-state index in [0.29, 0.717) is 5.39 Å². The number of aliphatic carboxylic acids is 1. The quantitative estimate of drug-likeness (QED) is 0.846. The van der Waals surface area contributed by atoms with Gasteiger partial charge in [-0.05, 0) is 31.2 Å². The Hall–Kier alpha value is -2.22. The van der Waals surface area contributed by atoms with Crippen LogP contribution in [0.15, 0.2) is 11.1 Å². The van der Waals surface area contributed by atoms with Crippen LogP contribution in [-0.4, -0.2) is 33.1 Å². The van der Waals surface area contributed by atoms with Crippen LogP contribution in [-0.2, 0) is 29.0 Å². The summed E-state index contributed by atoms with van der Waals surface area (Å²) in [6.07, 6.45) is 5.34. The van der Waals surface area contributed by atoms with Gasteiger partial charge in [-0.15, -0.1) is 11.3 Å². The van der Waals surface area contributed by atoms with Gasteiger partial charge in [0.05, 0.1) is 18.1 Å². The van der Waals surface area contributed by atoms with E-state index in [9.17, 15) is 14.4 Å². The Bertz CT molecular complexity index is 824. The average Bonchev–Trinajstić information content (AvgIpc) is 2.89. The minimum Gasteiger partial charge on any atom is -0.481 e. The van der Waals surface area contributed by atoms with Crippen molar-refractivity contribution in [2.24, 2.45) is 0 Å². The largest absolute Gasteiger partial charge is 0.481 e. The zero-order valence-corrected chi connectivity index (χ0v) is 13.3. The first-order chi connectivity index (χ1) is 11.1. The molecule has 0 saturated heterocycles. The van der Waals surface area contributed by atoms with Gasteiger partial charge in [0.25, 0.3) is 5.56 Å². The predicted octanol–water partition coefficient (Wildman–Crippen LogP) is 0.928. The number of aryl methyl sites for hydroxylation is 2. The third-order valence-electron chi connectivity index (χ3n) is 3.92. The second kappa shape index (κ2) is 6.49. The van der Waals surface area contributed by atoms with Gasteiger partial charge in [-0.2, -0.15) is 0 Å². The number of rotatable bonds is 5. The second-order valence-electron chi connectivity index (χ2n) is 5.56. The lowest BCUT2D eigenvalue weighted by Crippen LogP contribution is -2.33. The molecule has 2 aromatic heterocycles. The van der Waals surface area contributed by atoms with Crippen molar-refractivity contribution < 1.29 is 14.7 Å². The zero-order chi connectivity index (χ0) is 16.4. The number of carbonyl (C=O) groups is 2. The van der Waals surface area contributed by atoms with E-state index in [1.807, 2.05) is 0 Å². The van der Waals surface area contributed by atoms with E-state index < -0.39 is 11.9 Å². The molecular weight excluding hydrogens is 318 g/mol. The Kier molecular flexibility index (Phi) is 4.42. The molecule has 2 aromatic rings. The van der Waals surface area contributed by atoms with Gasteiger partial charge in [-0.25, -0.2) is 4.98 Å². The maximum atomic E-state index is 12.6. The number of aromatic nitrogens is 2. The van der Waals surface area contributed by atoms with Crippen LogP contribution in [0.25, 0.3) is 10.2 Å². The topological polar surface area (TPSA) is 101 Å². The summed E-state index contributed by atoms with van der Waals surface area (Å²) >= 11 is 1.57. The molecule has 0 fully saturated rings. The summed E-state index contributed by atoms with van der Waals surface area (Å²) in [7, 11) is 0. The number of thiophene rings is 1. The van der Waals surface area contributed by atoms with Crippen LogP contribution < -0.4 is 10.9 Å². The maximum Gasteiger partial charge on any atom is 0.305 e. The normalized spacial score (nSPS) is 13.7. The Morgan fingerprint density at radius 2 is 2.13 bits per heavy atom. The fourth-order valence-electron chi connectivity index (χ4n) is 2.81. The fourth-order valence-corrected chi connectivity index (χ4v) is 4.03. The van der Waals surface area contributed by atoms with Gasteiger partial charge in [0.15, 0.2) is 0 Å². The first-order valence-corrected chi connectivity index (χ1v) is 8.36. The Morgan fingerprint density at radius 3 is 2.91 bits per heavy atom. The van der Waals surface area contributed by atoms with E-state index in [2.05, 4.69) is 10.3 Å². The molecule has 2 N–H and O–H groups in total. The van der Waals surface area contributed by atoms with Crippen molar-refractivity contribution in [2.75, 3.05) is 6.54 Å². The molecule has 1 aliphatic rings. The van der Waals surface area contributed by atoms with Crippen LogP contribution in [0.1, 0.15) is 29.7 Å². The number of nitrogens with one attached hydrogen (secondary N) is 1. The van der Waals surface area contributed by atoms with E-state index in [4.69, 9.17) is 5.11 Å². The van der Waals surface area contributed by atoms with Gasteiger partial charge < -0.3 is 10.4 Å². The Labute approximate surface area is 136 Å². The standard InChI is InChI=1S/C15H17N3O4S/c19-11(16-6-5-12(20)21)7-18-8-17-14-13(15(18)22)9-3-1-2-4-10(9)23-14/h8H,1-7H2,(H,16,19)(H,20,21). The number of carboxylic acid groups (broad SMARTS) is 1. The third kappa shape index (κ3) is 3.26. The fraction of sp³-hybridized carbons (Fsp3) is 0.467. The summed E-state index contributed by atoms with van der Waals surface area (Å²) in [5, 5.41) is 11.7. The molecular formula is C15H17N3O4S. The van der Waals surface area contributed by atoms with E-state index >= 15 is 0 Å². The maximum absolute atomic E-state index is 12.6. The lowest BCUT2D eigenvalue weighted by molar-refractivity contribution is -0.136. The minimum atomic E-state index is -0.976. The van der Waals surface area contributed by atoms with Gasteiger partial charge in [0.1, 0.15) is 11.4 Å². The molecule has 2 heterocycles. The van der Waals surface area contributed by atoms with E-state index in [-0.39, 0.29) is 25.1 Å². The molecule has 0 spiro atoms. The zero-order valence-electron chi connectivity index (χ0n) is 12.5. The van der Waals surface area contributed by atoms with E-state index in [1.54, 1.807) is 11.3 Å². The van der Waals surface area contributed by atoms with Crippen molar-refractivity contribution in [1.82, 2.24) is 14.9 Å². The molecule has 7 nitrogen and oxygen atoms in total. The van der Waals surface area contributed by atoms with Crippen LogP contribution in [0.3, 0.4) is 0 Å². The third-order valence-corrected chi connectivity index (χ3v) is 5.12. The van der Waals surface area contributed by atoms with Gasteiger partial charge in [-0.3, -0.25) is 19.0 Å². The summed E-state index contributed by atoms with van der Waals surface area (Å²) in [6.45, 7) is -0.0988. The Morgan fingerprint density at radius 1 is 1.35 bits per heavy atom. The first kappa shape index (κ1) is 15.7. The van der Waals surface area contributed by atoms with Crippen LogP contribution in [0.4, 0.5) is 0 Å². The second-order valence-corrected chi connectivity index (χ2v) is 6.65. The summed E-state index contributed by atoms with van der Waals surface area (Å²) in [6, 6.07) is 0. The molecule has 0 atom stereocenters. The lowest BCUT2D eigenvalue weighted by Gasteiger charge is -2.10. The van der Waals surface area contributed by atoms with E-state index in [0.717, 1.165) is 36.1 Å². The number of hydrogen-bond donors (Lipinski definition) is 2. The lowest BCUT2D eigenvalue weighted by atomic mass is 9.97. The number of amides is 1. The van der Waals surface area contributed by atoms with Gasteiger partial charge >= 0.3 is 5.97 Å². The summed E-state index contributed by atoms with van der Waals surface area (Å²) in [5.41, 5.74) is 0.900. The SMILES string of the molecule is O=C(O)CCNC(=O)Cn1cnc2sc3c(c2c1=O)CCCC3. The van der Waals surface area contributed by atoms with Crippen LogP contribution in [0.5, 0.6) is 0 Å². The van der Waals surface area contributed by atoms with Crippen molar-refractivity contribution in [3.8, 4) is 0 Å². The molecule has 0 radical (unpaired) electrons. The molecule has 8 heteroatoms. The number of nitrogens with zero attached hydrogens (tertiary/aromatic N) is 2. The number of hydrogen-bond acceptors (Lipinski definition) is 5. The summed E-state index contributed by atoms with van der Waals surface area (Å²) in [4.78, 5) is 41.2. The molecule has 0 saturated carbocycles. The van der Waals surface area contributed by atoms with Crippen molar-refractivity contribution in [2.45, 2.75) is 38.6 Å². The van der Waals surface area contributed by atoms with Gasteiger partial charge in [0.2, 0.25) is 5.91 Å². The van der Waals surface area contributed by atoms with Gasteiger partial charge in [-0.1, -0.05) is 0 Å². The minimum absolute atomic E-state index is 0.0481. The molecule has 23 heavy (non-hydrogen) atoms. The molecule has 3 rings (SSSR count). The van der Waals surface area contributed by atoms with Crippen molar-refractivity contribution in [3.63, 3.8) is 0 Å². The van der Waals surface area contributed by atoms with Crippen LogP contribution >= 0.6 is 11.3 Å². The molecule has 122 valence electrons. The smallest absolute Gasteiger partial charge is 0.305 e. The predicted molar refractivity (Wildman–Crippen MR) is 85.8 cm³/mol. The highest BCUT2D eigenvalue weighted by Crippen LogP contribution is 2.33. The van der Waals surface area contributed by atoms with Crippen molar-refractivity contribution in [3.05, 3.63) is 27.1 Å². The molecule has 0 bridgehead atoms. The molecule has 1 amide bonds. The van der Waals surface area contributed by atoms with Crippen LogP contribution in [0.2, 0.25) is 0 Å². The highest BCUT2D eigenvalue weighted by atomic mass is 32.1. The molecule has 0 aromatic carbocycles. The first-order valence-electron chi connectivity index (χ1n) is 7.54.